The third kappa shape index (κ3) is 11.9. The van der Waals surface area contributed by atoms with Crippen molar-refractivity contribution >= 4 is 29.5 Å². The summed E-state index contributed by atoms with van der Waals surface area (Å²) < 4.78 is 5.06. The van der Waals surface area contributed by atoms with E-state index >= 15 is 0 Å². The fraction of sp³-hybridized carbons (Fsp3) is 0.429. The van der Waals surface area contributed by atoms with Gasteiger partial charge in [-0.2, -0.15) is 0 Å². The van der Waals surface area contributed by atoms with Crippen LogP contribution in [0.15, 0.2) is 54.6 Å². The van der Waals surface area contributed by atoms with Gasteiger partial charge in [0.15, 0.2) is 0 Å². The summed E-state index contributed by atoms with van der Waals surface area (Å²) in [7, 11) is 3.82. The molecule has 0 spiro atoms. The van der Waals surface area contributed by atoms with E-state index in [1.807, 2.05) is 61.5 Å². The molecule has 10 nitrogen and oxygen atoms in total. The van der Waals surface area contributed by atoms with Crippen molar-refractivity contribution < 1.29 is 23.9 Å². The zero-order valence-electron chi connectivity index (χ0n) is 22.7. The lowest BCUT2D eigenvalue weighted by molar-refractivity contribution is -0.141. The first-order valence-corrected chi connectivity index (χ1v) is 12.7. The van der Waals surface area contributed by atoms with Crippen LogP contribution in [-0.2, 0) is 32.0 Å². The minimum Gasteiger partial charge on any atom is -0.464 e. The fourth-order valence-electron chi connectivity index (χ4n) is 3.66. The van der Waals surface area contributed by atoms with Gasteiger partial charge in [-0.3, -0.25) is 14.4 Å². The van der Waals surface area contributed by atoms with Crippen LogP contribution in [-0.4, -0.2) is 86.5 Å². The minimum absolute atomic E-state index is 0.0574. The van der Waals surface area contributed by atoms with Gasteiger partial charge in [-0.05, 0) is 43.8 Å². The van der Waals surface area contributed by atoms with Crippen LogP contribution in [0.2, 0.25) is 0 Å². The Bertz CT molecular complexity index is 1040. The second-order valence-electron chi connectivity index (χ2n) is 9.24. The summed E-state index contributed by atoms with van der Waals surface area (Å²) in [5.74, 6) is -0.893. The van der Waals surface area contributed by atoms with Crippen LogP contribution in [0, 0.1) is 0 Å². The lowest BCUT2D eigenvalue weighted by Gasteiger charge is -2.26. The first-order valence-electron chi connectivity index (χ1n) is 12.7. The van der Waals surface area contributed by atoms with E-state index < -0.39 is 18.0 Å². The van der Waals surface area contributed by atoms with Crippen molar-refractivity contribution in [1.29, 1.82) is 0 Å². The molecule has 4 amide bonds. The normalized spacial score (nSPS) is 11.4. The van der Waals surface area contributed by atoms with Crippen LogP contribution in [0.5, 0.6) is 0 Å². The number of benzene rings is 2. The van der Waals surface area contributed by atoms with Crippen LogP contribution < -0.4 is 16.0 Å². The number of nitrogens with zero attached hydrogens (tertiary/aromatic N) is 2. The Morgan fingerprint density at radius 2 is 1.55 bits per heavy atom. The van der Waals surface area contributed by atoms with E-state index in [9.17, 15) is 19.2 Å². The van der Waals surface area contributed by atoms with Crippen LogP contribution in [0.4, 0.5) is 10.5 Å². The smallest absolute Gasteiger partial charge is 0.318 e. The van der Waals surface area contributed by atoms with E-state index in [0.717, 1.165) is 11.1 Å². The van der Waals surface area contributed by atoms with Crippen molar-refractivity contribution in [2.24, 2.45) is 0 Å². The Hall–Kier alpha value is -3.92. The van der Waals surface area contributed by atoms with Gasteiger partial charge in [0.2, 0.25) is 11.8 Å². The molecule has 38 heavy (non-hydrogen) atoms. The summed E-state index contributed by atoms with van der Waals surface area (Å²) in [6.45, 7) is 4.48. The molecule has 0 saturated carbocycles. The Morgan fingerprint density at radius 1 is 0.868 bits per heavy atom. The van der Waals surface area contributed by atoms with Crippen molar-refractivity contribution in [3.63, 3.8) is 0 Å². The standard InChI is InChI=1S/C28H39N5O5/c1-21(34)30-25-12-10-24(11-13-25)20-26(27(36)29-15-17-32(3)4)31-28(37)33(18-19-38-22(2)35)16-14-23-8-6-5-7-9-23/h5-13,26H,14-20H2,1-4H3,(H,29,36)(H,30,34)(H,31,37)/t26-/m0/s1. The predicted molar refractivity (Wildman–Crippen MR) is 147 cm³/mol. The number of likely N-dealkylation sites (N-methyl/N-ethyl adjacent to an activating group) is 1. The number of nitrogens with one attached hydrogen (secondary N) is 3. The molecule has 0 fully saturated rings. The van der Waals surface area contributed by atoms with Gasteiger partial charge in [0.05, 0.1) is 6.54 Å². The average molecular weight is 526 g/mol. The molecule has 2 aromatic rings. The lowest BCUT2D eigenvalue weighted by atomic mass is 10.0. The maximum absolute atomic E-state index is 13.3. The van der Waals surface area contributed by atoms with E-state index in [4.69, 9.17) is 4.74 Å². The number of hydrogen-bond donors (Lipinski definition) is 3. The molecule has 0 radical (unpaired) electrons. The first kappa shape index (κ1) is 30.3. The van der Waals surface area contributed by atoms with Crippen molar-refractivity contribution in [2.75, 3.05) is 52.2 Å². The molecule has 0 heterocycles. The van der Waals surface area contributed by atoms with Crippen LogP contribution >= 0.6 is 0 Å². The highest BCUT2D eigenvalue weighted by atomic mass is 16.5. The van der Waals surface area contributed by atoms with Gasteiger partial charge in [0, 0.05) is 45.6 Å². The van der Waals surface area contributed by atoms with Crippen LogP contribution in [0.25, 0.3) is 0 Å². The minimum atomic E-state index is -0.829. The molecule has 10 heteroatoms. The lowest BCUT2D eigenvalue weighted by Crippen LogP contribution is -2.53. The van der Waals surface area contributed by atoms with Crippen molar-refractivity contribution in [1.82, 2.24) is 20.4 Å². The third-order valence-corrected chi connectivity index (χ3v) is 5.65. The summed E-state index contributed by atoms with van der Waals surface area (Å²) in [4.78, 5) is 52.5. The van der Waals surface area contributed by atoms with Gasteiger partial charge in [-0.25, -0.2) is 4.79 Å². The largest absolute Gasteiger partial charge is 0.464 e. The molecule has 2 rings (SSSR count). The number of hydrogen-bond acceptors (Lipinski definition) is 6. The maximum Gasteiger partial charge on any atom is 0.318 e. The molecule has 0 unspecified atom stereocenters. The van der Waals surface area contributed by atoms with Crippen LogP contribution in [0.3, 0.4) is 0 Å². The highest BCUT2D eigenvalue weighted by molar-refractivity contribution is 5.89. The quantitative estimate of drug-likeness (QED) is 0.325. The molecule has 0 saturated heterocycles. The van der Waals surface area contributed by atoms with E-state index in [1.54, 1.807) is 17.0 Å². The number of amides is 4. The molecular formula is C28H39N5O5. The molecule has 1 atom stereocenters. The van der Waals surface area contributed by atoms with E-state index in [0.29, 0.717) is 31.7 Å². The highest BCUT2D eigenvalue weighted by Gasteiger charge is 2.24. The number of esters is 1. The van der Waals surface area contributed by atoms with Gasteiger partial charge in [0.25, 0.3) is 0 Å². The predicted octanol–water partition coefficient (Wildman–Crippen LogP) is 2.05. The summed E-state index contributed by atoms with van der Waals surface area (Å²) in [5, 5.41) is 8.48. The molecular weight excluding hydrogens is 486 g/mol. The molecule has 0 aliphatic heterocycles. The molecule has 0 aliphatic rings. The summed E-state index contributed by atoms with van der Waals surface area (Å²) in [6, 6.07) is 15.6. The fourth-order valence-corrected chi connectivity index (χ4v) is 3.66. The second-order valence-corrected chi connectivity index (χ2v) is 9.24. The summed E-state index contributed by atoms with van der Waals surface area (Å²) in [6.07, 6.45) is 0.870. The highest BCUT2D eigenvalue weighted by Crippen LogP contribution is 2.12. The average Bonchev–Trinajstić information content (AvgIpc) is 2.86. The Kier molecular flexibility index (Phi) is 12.8. The monoisotopic (exact) mass is 525 g/mol. The summed E-state index contributed by atoms with van der Waals surface area (Å²) >= 11 is 0. The number of carbonyl (C=O) groups is 4. The molecule has 0 aromatic heterocycles. The first-order chi connectivity index (χ1) is 18.1. The van der Waals surface area contributed by atoms with E-state index in [-0.39, 0.29) is 31.4 Å². The number of anilines is 1. The maximum atomic E-state index is 13.3. The third-order valence-electron chi connectivity index (χ3n) is 5.65. The number of ether oxygens (including phenoxy) is 1. The zero-order valence-corrected chi connectivity index (χ0v) is 22.7. The van der Waals surface area contributed by atoms with E-state index in [2.05, 4.69) is 16.0 Å². The molecule has 0 bridgehead atoms. The van der Waals surface area contributed by atoms with Gasteiger partial charge in [0.1, 0.15) is 12.6 Å². The van der Waals surface area contributed by atoms with Gasteiger partial charge < -0.3 is 30.5 Å². The van der Waals surface area contributed by atoms with Crippen molar-refractivity contribution in [2.45, 2.75) is 32.7 Å². The topological polar surface area (TPSA) is 120 Å². The zero-order chi connectivity index (χ0) is 27.9. The van der Waals surface area contributed by atoms with Crippen molar-refractivity contribution in [3.05, 3.63) is 65.7 Å². The summed E-state index contributed by atoms with van der Waals surface area (Å²) in [5.41, 5.74) is 2.53. The SMILES string of the molecule is CC(=O)Nc1ccc(C[C@H](NC(=O)N(CCOC(C)=O)CCc2ccccc2)C(=O)NCCN(C)C)cc1. The second kappa shape index (κ2) is 16.0. The van der Waals surface area contributed by atoms with Crippen molar-refractivity contribution in [3.8, 4) is 0 Å². The number of urea groups is 1. The van der Waals surface area contributed by atoms with Gasteiger partial charge in [-0.15, -0.1) is 0 Å². The van der Waals surface area contributed by atoms with Gasteiger partial charge in [-0.1, -0.05) is 42.5 Å². The van der Waals surface area contributed by atoms with Gasteiger partial charge >= 0.3 is 12.0 Å². The Balaban J connectivity index is 2.15. The Morgan fingerprint density at radius 3 is 2.16 bits per heavy atom. The molecule has 2 aromatic carbocycles. The van der Waals surface area contributed by atoms with E-state index in [1.165, 1.54) is 13.8 Å². The molecule has 0 aliphatic carbocycles. The van der Waals surface area contributed by atoms with Crippen LogP contribution in [0.1, 0.15) is 25.0 Å². The molecule has 206 valence electrons. The number of carbonyl (C=O) groups excluding carboxylic acids is 4. The molecule has 3 N–H and O–H groups in total. The Labute approximate surface area is 224 Å². The number of rotatable bonds is 14.